The molecule has 1 aliphatic heterocycles. The molecule has 4 rings (SSSR count). The summed E-state index contributed by atoms with van der Waals surface area (Å²) in [5, 5.41) is 11.5. The molecule has 3 aromatic rings. The van der Waals surface area contributed by atoms with Crippen molar-refractivity contribution in [2.24, 2.45) is 5.92 Å². The van der Waals surface area contributed by atoms with E-state index in [9.17, 15) is 4.79 Å². The minimum absolute atomic E-state index is 0.0637. The second-order valence-corrected chi connectivity index (χ2v) is 8.35. The lowest BCUT2D eigenvalue weighted by atomic mass is 10.1. The van der Waals surface area contributed by atoms with Gasteiger partial charge in [0.1, 0.15) is 23.7 Å². The Balaban J connectivity index is 1.70. The van der Waals surface area contributed by atoms with E-state index in [4.69, 9.17) is 9.97 Å². The third-order valence-corrected chi connectivity index (χ3v) is 5.21. The van der Waals surface area contributed by atoms with E-state index in [0.717, 1.165) is 23.6 Å². The summed E-state index contributed by atoms with van der Waals surface area (Å²) in [5.74, 6) is 2.46. The quantitative estimate of drug-likeness (QED) is 0.627. The van der Waals surface area contributed by atoms with Crippen LogP contribution in [0.25, 0.3) is 11.5 Å². The summed E-state index contributed by atoms with van der Waals surface area (Å²) >= 11 is 0. The molecule has 4 heterocycles. The lowest BCUT2D eigenvalue weighted by molar-refractivity contribution is 0.0996. The molecule has 3 aromatic heterocycles. The molecule has 0 spiro atoms. The lowest BCUT2D eigenvalue weighted by Crippen LogP contribution is -2.24. The van der Waals surface area contributed by atoms with Gasteiger partial charge in [-0.15, -0.1) is 10.2 Å². The molecular weight excluding hydrogens is 392 g/mol. The predicted molar refractivity (Wildman–Crippen MR) is 120 cm³/mol. The molecule has 0 bridgehead atoms. The molecule has 1 aliphatic rings. The van der Waals surface area contributed by atoms with Crippen molar-refractivity contribution in [3.8, 4) is 11.5 Å². The van der Waals surface area contributed by atoms with Gasteiger partial charge in [-0.25, -0.2) is 9.97 Å². The predicted octanol–water partition coefficient (Wildman–Crippen LogP) is 2.34. The molecule has 9 heteroatoms. The highest BCUT2D eigenvalue weighted by atomic mass is 16.2. The summed E-state index contributed by atoms with van der Waals surface area (Å²) in [4.78, 5) is 26.4. The fourth-order valence-electron chi connectivity index (χ4n) is 3.76. The van der Waals surface area contributed by atoms with Crippen molar-refractivity contribution < 1.29 is 4.79 Å². The number of nitrogens with zero attached hydrogens (tertiary/aromatic N) is 7. The largest absolute Gasteiger partial charge is 0.363 e. The number of rotatable bonds is 7. The number of aromatic nitrogens is 5. The molecule has 162 valence electrons. The Bertz CT molecular complexity index is 1100. The van der Waals surface area contributed by atoms with E-state index < -0.39 is 0 Å². The van der Waals surface area contributed by atoms with Gasteiger partial charge in [-0.2, -0.15) is 0 Å². The van der Waals surface area contributed by atoms with Gasteiger partial charge in [-0.3, -0.25) is 9.69 Å². The van der Waals surface area contributed by atoms with Crippen molar-refractivity contribution in [1.82, 2.24) is 30.0 Å². The molecular formula is C22H28N8O. The van der Waals surface area contributed by atoms with Gasteiger partial charge in [0, 0.05) is 32.7 Å². The monoisotopic (exact) mass is 420 g/mol. The number of carbonyl (C=O) groups is 1. The average molecular weight is 421 g/mol. The van der Waals surface area contributed by atoms with Crippen LogP contribution in [0.1, 0.15) is 35.5 Å². The van der Waals surface area contributed by atoms with Crippen molar-refractivity contribution in [1.29, 1.82) is 0 Å². The van der Waals surface area contributed by atoms with Crippen molar-refractivity contribution in [3.05, 3.63) is 47.4 Å². The molecule has 0 unspecified atom stereocenters. The maximum Gasteiger partial charge on any atom is 0.260 e. The highest BCUT2D eigenvalue weighted by Gasteiger charge is 2.33. The molecule has 1 N–H and O–H groups in total. The van der Waals surface area contributed by atoms with E-state index in [2.05, 4.69) is 29.4 Å². The first-order chi connectivity index (χ1) is 14.9. The van der Waals surface area contributed by atoms with E-state index in [1.165, 1.54) is 0 Å². The number of pyridine rings is 2. The smallest absolute Gasteiger partial charge is 0.260 e. The van der Waals surface area contributed by atoms with Crippen LogP contribution in [0, 0.1) is 5.92 Å². The second-order valence-electron chi connectivity index (χ2n) is 8.35. The van der Waals surface area contributed by atoms with Crippen LogP contribution in [-0.4, -0.2) is 51.8 Å². The third kappa shape index (κ3) is 4.00. The Morgan fingerprint density at radius 3 is 2.74 bits per heavy atom. The van der Waals surface area contributed by atoms with Gasteiger partial charge in [0.2, 0.25) is 0 Å². The molecule has 9 nitrogen and oxygen atoms in total. The van der Waals surface area contributed by atoms with Crippen molar-refractivity contribution in [2.75, 3.05) is 30.9 Å². The van der Waals surface area contributed by atoms with Gasteiger partial charge in [-0.1, -0.05) is 19.9 Å². The van der Waals surface area contributed by atoms with Gasteiger partial charge >= 0.3 is 0 Å². The normalized spacial score (nSPS) is 13.2. The summed E-state index contributed by atoms with van der Waals surface area (Å²) in [5.41, 5.74) is 3.20. The van der Waals surface area contributed by atoms with Crippen LogP contribution in [-0.2, 0) is 19.6 Å². The zero-order valence-electron chi connectivity index (χ0n) is 18.6. The Morgan fingerprint density at radius 2 is 2.03 bits per heavy atom. The maximum absolute atomic E-state index is 13.3. The highest BCUT2D eigenvalue weighted by molar-refractivity contribution is 6.10. The van der Waals surface area contributed by atoms with Gasteiger partial charge in [0.05, 0.1) is 17.8 Å². The highest BCUT2D eigenvalue weighted by Crippen LogP contribution is 2.32. The molecule has 1 amide bonds. The SMILES string of the molecule is CNCc1nc(N(C)C)cc2c1CN(c1cccc(-c3nncn3CC(C)C)n1)C2=O. The molecule has 0 aliphatic carbocycles. The third-order valence-electron chi connectivity index (χ3n) is 5.21. The molecule has 0 fully saturated rings. The van der Waals surface area contributed by atoms with E-state index >= 15 is 0 Å². The number of hydrogen-bond acceptors (Lipinski definition) is 7. The van der Waals surface area contributed by atoms with Crippen LogP contribution in [0.5, 0.6) is 0 Å². The van der Waals surface area contributed by atoms with Gasteiger partial charge < -0.3 is 14.8 Å². The Kier molecular flexibility index (Phi) is 5.69. The molecule has 31 heavy (non-hydrogen) atoms. The standard InChI is InChI=1S/C22H28N8O/c1-14(2)11-29-13-24-27-21(29)17-7-6-8-19(25-17)30-12-16-15(22(30)31)9-20(28(4)5)26-18(16)10-23-3/h6-9,13-14,23H,10-12H2,1-5H3. The number of carbonyl (C=O) groups excluding carboxylic acids is 1. The van der Waals surface area contributed by atoms with Gasteiger partial charge in [-0.05, 0) is 31.2 Å². The summed E-state index contributed by atoms with van der Waals surface area (Å²) in [6.45, 7) is 6.13. The van der Waals surface area contributed by atoms with Crippen molar-refractivity contribution >= 4 is 17.5 Å². The van der Waals surface area contributed by atoms with E-state index in [-0.39, 0.29) is 5.91 Å². The summed E-state index contributed by atoms with van der Waals surface area (Å²) in [7, 11) is 5.73. The Morgan fingerprint density at radius 1 is 1.23 bits per heavy atom. The minimum atomic E-state index is -0.0637. The van der Waals surface area contributed by atoms with Crippen LogP contribution >= 0.6 is 0 Å². The fourth-order valence-corrected chi connectivity index (χ4v) is 3.76. The van der Waals surface area contributed by atoms with Gasteiger partial charge in [0.25, 0.3) is 5.91 Å². The molecule has 0 atom stereocenters. The summed E-state index contributed by atoms with van der Waals surface area (Å²) in [6.07, 6.45) is 1.72. The second kappa shape index (κ2) is 8.43. The molecule has 0 aromatic carbocycles. The van der Waals surface area contributed by atoms with E-state index in [1.54, 1.807) is 11.2 Å². The average Bonchev–Trinajstić information content (AvgIpc) is 3.32. The van der Waals surface area contributed by atoms with E-state index in [0.29, 0.717) is 41.9 Å². The first-order valence-corrected chi connectivity index (χ1v) is 10.4. The number of amides is 1. The zero-order chi connectivity index (χ0) is 22.1. The molecule has 0 saturated carbocycles. The van der Waals surface area contributed by atoms with Crippen LogP contribution in [0.15, 0.2) is 30.6 Å². The van der Waals surface area contributed by atoms with Crippen LogP contribution < -0.4 is 15.1 Å². The fraction of sp³-hybridized carbons (Fsp3) is 0.409. The first kappa shape index (κ1) is 20.9. The van der Waals surface area contributed by atoms with Crippen molar-refractivity contribution in [2.45, 2.75) is 33.5 Å². The Labute approximate surface area is 182 Å². The zero-order valence-corrected chi connectivity index (χ0v) is 18.6. The maximum atomic E-state index is 13.3. The number of nitrogens with one attached hydrogen (secondary N) is 1. The molecule has 0 radical (unpaired) electrons. The first-order valence-electron chi connectivity index (χ1n) is 10.4. The van der Waals surface area contributed by atoms with E-state index in [1.807, 2.05) is 54.9 Å². The minimum Gasteiger partial charge on any atom is -0.363 e. The lowest BCUT2D eigenvalue weighted by Gasteiger charge is -2.16. The van der Waals surface area contributed by atoms with Crippen LogP contribution in [0.3, 0.4) is 0 Å². The number of anilines is 2. The Hall–Kier alpha value is -3.33. The van der Waals surface area contributed by atoms with Crippen LogP contribution in [0.4, 0.5) is 11.6 Å². The number of fused-ring (bicyclic) bond motifs is 1. The summed E-state index contributed by atoms with van der Waals surface area (Å²) in [6, 6.07) is 7.52. The summed E-state index contributed by atoms with van der Waals surface area (Å²) < 4.78 is 2.00. The number of hydrogen-bond donors (Lipinski definition) is 1. The van der Waals surface area contributed by atoms with Crippen molar-refractivity contribution in [3.63, 3.8) is 0 Å². The van der Waals surface area contributed by atoms with Crippen LogP contribution in [0.2, 0.25) is 0 Å². The topological polar surface area (TPSA) is 92.1 Å². The molecule has 0 saturated heterocycles. The van der Waals surface area contributed by atoms with Gasteiger partial charge in [0.15, 0.2) is 5.82 Å².